The summed E-state index contributed by atoms with van der Waals surface area (Å²) in [7, 11) is 0. The van der Waals surface area contributed by atoms with Crippen molar-refractivity contribution in [3.63, 3.8) is 0 Å². The summed E-state index contributed by atoms with van der Waals surface area (Å²) in [6.45, 7) is 1.87. The number of nitrogens with zero attached hydrogens (tertiary/aromatic N) is 3. The van der Waals surface area contributed by atoms with Crippen LogP contribution in [0.25, 0.3) is 22.3 Å². The average Bonchev–Trinajstić information content (AvgIpc) is 3.29. The lowest BCUT2D eigenvalue weighted by Gasteiger charge is -2.06. The largest absolute Gasteiger partial charge is 0.360 e. The first-order valence-corrected chi connectivity index (χ1v) is 8.70. The number of benzene rings is 1. The van der Waals surface area contributed by atoms with Crippen LogP contribution in [0.1, 0.15) is 17.3 Å². The fourth-order valence-corrected chi connectivity index (χ4v) is 3.44. The molecule has 0 saturated carbocycles. The molecule has 0 saturated heterocycles. The fraction of sp³-hybridized carbons (Fsp3) is 0.111. The third-order valence-corrected chi connectivity index (χ3v) is 4.89. The van der Waals surface area contributed by atoms with Gasteiger partial charge in [0.25, 0.3) is 0 Å². The normalized spacial score (nSPS) is 12.4. The van der Waals surface area contributed by atoms with Gasteiger partial charge in [0.15, 0.2) is 11.6 Å². The van der Waals surface area contributed by atoms with Crippen LogP contribution in [0.4, 0.5) is 0 Å². The number of carbonyl (C=O) groups is 1. The summed E-state index contributed by atoms with van der Waals surface area (Å²) >= 11 is 1.34. The predicted molar refractivity (Wildman–Crippen MR) is 97.6 cm³/mol. The van der Waals surface area contributed by atoms with Crippen molar-refractivity contribution >= 4 is 28.4 Å². The van der Waals surface area contributed by atoms with Crippen LogP contribution in [0.2, 0.25) is 0 Å². The highest BCUT2D eigenvalue weighted by molar-refractivity contribution is 8.00. The van der Waals surface area contributed by atoms with Gasteiger partial charge in [0.1, 0.15) is 0 Å². The van der Waals surface area contributed by atoms with Crippen molar-refractivity contribution in [3.8, 4) is 11.4 Å². The molecule has 0 bridgehead atoms. The van der Waals surface area contributed by atoms with E-state index in [1.807, 2.05) is 43.3 Å². The van der Waals surface area contributed by atoms with Crippen molar-refractivity contribution in [2.75, 3.05) is 0 Å². The molecule has 1 aromatic carbocycles. The first kappa shape index (κ1) is 15.6. The molecule has 1 atom stereocenters. The van der Waals surface area contributed by atoms with Gasteiger partial charge in [0.2, 0.25) is 5.16 Å². The van der Waals surface area contributed by atoms with E-state index < -0.39 is 0 Å². The number of thioether (sulfide) groups is 1. The summed E-state index contributed by atoms with van der Waals surface area (Å²) in [5.74, 6) is 0.717. The van der Waals surface area contributed by atoms with E-state index in [1.54, 1.807) is 18.6 Å². The second-order valence-corrected chi connectivity index (χ2v) is 6.88. The summed E-state index contributed by atoms with van der Waals surface area (Å²) in [6.07, 6.45) is 5.17. The molecule has 0 radical (unpaired) electrons. The number of hydrogen-bond donors (Lipinski definition) is 2. The molecule has 7 heteroatoms. The van der Waals surface area contributed by atoms with E-state index in [4.69, 9.17) is 0 Å². The van der Waals surface area contributed by atoms with Gasteiger partial charge >= 0.3 is 0 Å². The number of Topliss-reactive ketones (excluding diaryl/α,β-unsaturated/α-hetero) is 1. The molecular weight excluding hydrogens is 334 g/mol. The van der Waals surface area contributed by atoms with Gasteiger partial charge in [-0.25, -0.2) is 4.98 Å². The Labute approximate surface area is 148 Å². The van der Waals surface area contributed by atoms with E-state index in [0.717, 1.165) is 16.5 Å². The lowest BCUT2D eigenvalue weighted by molar-refractivity contribution is 0.0995. The molecule has 0 fully saturated rings. The Hall–Kier alpha value is -2.93. The second-order valence-electron chi connectivity index (χ2n) is 5.57. The van der Waals surface area contributed by atoms with Crippen molar-refractivity contribution in [3.05, 3.63) is 60.6 Å². The maximum absolute atomic E-state index is 12.8. The van der Waals surface area contributed by atoms with E-state index in [-0.39, 0.29) is 11.0 Å². The number of pyridine rings is 1. The third-order valence-electron chi connectivity index (χ3n) is 3.92. The standard InChI is InChI=1S/C18H15N5OS/c1-11(16(24)14-10-20-15-5-3-2-4-13(14)15)25-18-21-17(22-23-18)12-6-8-19-9-7-12/h2-11,20H,1H3,(H,21,22,23)/t11-/m1/s1. The molecule has 0 amide bonds. The number of aromatic amines is 2. The first-order valence-electron chi connectivity index (χ1n) is 7.82. The zero-order valence-corrected chi connectivity index (χ0v) is 14.2. The van der Waals surface area contributed by atoms with E-state index >= 15 is 0 Å². The minimum atomic E-state index is -0.291. The molecule has 4 aromatic rings. The lowest BCUT2D eigenvalue weighted by atomic mass is 10.1. The van der Waals surface area contributed by atoms with E-state index in [9.17, 15) is 4.79 Å². The zero-order chi connectivity index (χ0) is 17.2. The summed E-state index contributed by atoms with van der Waals surface area (Å²) in [5.41, 5.74) is 2.56. The highest BCUT2D eigenvalue weighted by Gasteiger charge is 2.21. The number of H-pyrrole nitrogens is 2. The molecule has 0 unspecified atom stereocenters. The number of fused-ring (bicyclic) bond motifs is 1. The van der Waals surface area contributed by atoms with Gasteiger partial charge in [0, 0.05) is 40.6 Å². The Balaban J connectivity index is 1.53. The van der Waals surface area contributed by atoms with Crippen LogP contribution in [0.5, 0.6) is 0 Å². The topological polar surface area (TPSA) is 87.3 Å². The van der Waals surface area contributed by atoms with Crippen LogP contribution in [0, 0.1) is 0 Å². The summed E-state index contributed by atoms with van der Waals surface area (Å²) in [4.78, 5) is 24.4. The van der Waals surface area contributed by atoms with E-state index in [2.05, 4.69) is 25.1 Å². The Morgan fingerprint density at radius 1 is 1.16 bits per heavy atom. The maximum atomic E-state index is 12.8. The molecule has 124 valence electrons. The van der Waals surface area contributed by atoms with Gasteiger partial charge in [-0.2, -0.15) is 0 Å². The number of aromatic nitrogens is 5. The van der Waals surface area contributed by atoms with Gasteiger partial charge < -0.3 is 4.98 Å². The SMILES string of the molecule is C[C@@H](Sc1n[nH]c(-c2ccncc2)n1)C(=O)c1c[nH]c2ccccc12. The van der Waals surface area contributed by atoms with Gasteiger partial charge in [-0.05, 0) is 25.1 Å². The molecular formula is C18H15N5OS. The molecule has 0 aliphatic heterocycles. The second kappa shape index (κ2) is 6.52. The molecule has 2 N–H and O–H groups in total. The Bertz CT molecular complexity index is 1020. The van der Waals surface area contributed by atoms with Gasteiger partial charge in [-0.1, -0.05) is 30.0 Å². The quantitative estimate of drug-likeness (QED) is 0.424. The van der Waals surface area contributed by atoms with E-state index in [1.165, 1.54) is 11.8 Å². The molecule has 0 spiro atoms. The lowest BCUT2D eigenvalue weighted by Crippen LogP contribution is -2.13. The summed E-state index contributed by atoms with van der Waals surface area (Å²) < 4.78 is 0. The highest BCUT2D eigenvalue weighted by Crippen LogP contribution is 2.27. The Kier molecular flexibility index (Phi) is 4.07. The van der Waals surface area contributed by atoms with Crippen LogP contribution in [-0.4, -0.2) is 36.2 Å². The number of ketones is 1. The molecule has 4 rings (SSSR count). The van der Waals surface area contributed by atoms with Crippen molar-refractivity contribution in [1.82, 2.24) is 25.1 Å². The minimum absolute atomic E-state index is 0.0534. The van der Waals surface area contributed by atoms with Crippen molar-refractivity contribution in [2.24, 2.45) is 0 Å². The van der Waals surface area contributed by atoms with Crippen LogP contribution in [-0.2, 0) is 0 Å². The molecule has 3 heterocycles. The first-order chi connectivity index (χ1) is 12.2. The molecule has 3 aromatic heterocycles. The van der Waals surface area contributed by atoms with Crippen molar-refractivity contribution < 1.29 is 4.79 Å². The number of carbonyl (C=O) groups excluding carboxylic acids is 1. The molecule has 6 nitrogen and oxygen atoms in total. The number of nitrogens with one attached hydrogen (secondary N) is 2. The number of para-hydroxylation sites is 1. The highest BCUT2D eigenvalue weighted by atomic mass is 32.2. The van der Waals surface area contributed by atoms with Gasteiger partial charge in [-0.3, -0.25) is 14.9 Å². The predicted octanol–water partition coefficient (Wildman–Crippen LogP) is 3.71. The third kappa shape index (κ3) is 3.06. The van der Waals surface area contributed by atoms with Gasteiger partial charge in [-0.15, -0.1) is 5.10 Å². The Morgan fingerprint density at radius 3 is 2.80 bits per heavy atom. The van der Waals surface area contributed by atoms with Crippen LogP contribution in [0.15, 0.2) is 60.1 Å². The summed E-state index contributed by atoms with van der Waals surface area (Å²) in [5, 5.41) is 8.30. The monoisotopic (exact) mass is 349 g/mol. The number of rotatable bonds is 5. The smallest absolute Gasteiger partial charge is 0.209 e. The molecule has 0 aliphatic rings. The zero-order valence-electron chi connectivity index (χ0n) is 13.4. The van der Waals surface area contributed by atoms with Gasteiger partial charge in [0.05, 0.1) is 5.25 Å². The summed E-state index contributed by atoms with van der Waals surface area (Å²) in [6, 6.07) is 11.5. The fourth-order valence-electron chi connectivity index (χ4n) is 2.64. The van der Waals surface area contributed by atoms with E-state index in [0.29, 0.717) is 16.5 Å². The molecule has 25 heavy (non-hydrogen) atoms. The maximum Gasteiger partial charge on any atom is 0.209 e. The molecule has 0 aliphatic carbocycles. The van der Waals surface area contributed by atoms with Crippen LogP contribution >= 0.6 is 11.8 Å². The van der Waals surface area contributed by atoms with Crippen molar-refractivity contribution in [1.29, 1.82) is 0 Å². The average molecular weight is 349 g/mol. The van der Waals surface area contributed by atoms with Crippen LogP contribution < -0.4 is 0 Å². The number of hydrogen-bond acceptors (Lipinski definition) is 5. The van der Waals surface area contributed by atoms with Crippen molar-refractivity contribution in [2.45, 2.75) is 17.3 Å². The van der Waals surface area contributed by atoms with Crippen LogP contribution in [0.3, 0.4) is 0 Å². The Morgan fingerprint density at radius 2 is 1.96 bits per heavy atom. The minimum Gasteiger partial charge on any atom is -0.360 e.